The van der Waals surface area contributed by atoms with Crippen LogP contribution in [0.3, 0.4) is 0 Å². The number of hydrogen-bond donors (Lipinski definition) is 4. The lowest BCUT2D eigenvalue weighted by atomic mass is 10.2. The van der Waals surface area contributed by atoms with Crippen LogP contribution in [-0.2, 0) is 0 Å². The lowest BCUT2D eigenvalue weighted by molar-refractivity contribution is -0.518. The van der Waals surface area contributed by atoms with Gasteiger partial charge >= 0.3 is 0 Å². The van der Waals surface area contributed by atoms with Gasteiger partial charge in [-0.25, -0.2) is 4.58 Å². The number of nitrogens with zero attached hydrogens (tertiary/aromatic N) is 6. The van der Waals surface area contributed by atoms with E-state index in [2.05, 4.69) is 55.3 Å². The number of rotatable bonds is 18. The summed E-state index contributed by atoms with van der Waals surface area (Å²) >= 11 is 0. The minimum atomic E-state index is 0.204. The van der Waals surface area contributed by atoms with Crippen LogP contribution in [-0.4, -0.2) is 119 Å². The van der Waals surface area contributed by atoms with Crippen molar-refractivity contribution < 1.29 is 19.9 Å². The van der Waals surface area contributed by atoms with Crippen molar-refractivity contribution in [3.63, 3.8) is 0 Å². The first kappa shape index (κ1) is 35.9. The van der Waals surface area contributed by atoms with E-state index in [1.54, 1.807) is 30.6 Å². The van der Waals surface area contributed by atoms with Crippen LogP contribution in [0.5, 0.6) is 17.2 Å². The third-order valence-corrected chi connectivity index (χ3v) is 8.08. The van der Waals surface area contributed by atoms with E-state index in [1.807, 2.05) is 63.8 Å². The summed E-state index contributed by atoms with van der Waals surface area (Å²) in [6.07, 6.45) is 5.38. The number of aromatic hydroxyl groups is 3. The van der Waals surface area contributed by atoms with Gasteiger partial charge in [-0.05, 0) is 57.2 Å². The highest BCUT2D eigenvalue weighted by molar-refractivity contribution is 5.85. The van der Waals surface area contributed by atoms with E-state index in [0.29, 0.717) is 50.4 Å². The molecule has 10 nitrogen and oxygen atoms in total. The summed E-state index contributed by atoms with van der Waals surface area (Å²) in [7, 11) is 5.97. The van der Waals surface area contributed by atoms with Crippen LogP contribution >= 0.6 is 0 Å². The molecule has 248 valence electrons. The Bertz CT molecular complexity index is 1490. The maximum absolute atomic E-state index is 10.8. The Hall–Kier alpha value is -4.57. The topological polar surface area (TPSA) is 110 Å². The number of benzene rings is 3. The third-order valence-electron chi connectivity index (χ3n) is 8.08. The van der Waals surface area contributed by atoms with Crippen molar-refractivity contribution in [1.82, 2.24) is 5.32 Å². The molecule has 10 heteroatoms. The molecule has 0 unspecified atom stereocenters. The second-order valence-electron chi connectivity index (χ2n) is 11.3. The zero-order valence-electron chi connectivity index (χ0n) is 28.3. The van der Waals surface area contributed by atoms with E-state index in [1.165, 1.54) is 0 Å². The maximum Gasteiger partial charge on any atom is 0.174 e. The van der Waals surface area contributed by atoms with E-state index in [4.69, 9.17) is 0 Å². The third kappa shape index (κ3) is 10.8. The molecule has 46 heavy (non-hydrogen) atoms. The average Bonchev–Trinajstić information content (AvgIpc) is 3.06. The summed E-state index contributed by atoms with van der Waals surface area (Å²) in [6.45, 7) is 12.6. The Morgan fingerprint density at radius 2 is 1.04 bits per heavy atom. The first-order chi connectivity index (χ1) is 22.2. The molecule has 0 aliphatic heterocycles. The zero-order valence-corrected chi connectivity index (χ0v) is 28.3. The molecule has 0 fully saturated rings. The molecule has 0 saturated carbocycles. The molecule has 0 bridgehead atoms. The standard InChI is InChI=1S/C36H51N7O3/c1-7-40(4)31-13-10-28(34(44)22-31)25-38-17-16-37-18-20-43(27-30-12-15-33(24-36(30)46)42(6)9-3)21-19-39-26-29-11-14-32(23-35(29)45)41(5)8-2/h10-15,22-27,37H,7-9,16-21H2,1-6H3,(H2,38,39,44,45)/p+1. The van der Waals surface area contributed by atoms with Gasteiger partial charge in [0.2, 0.25) is 0 Å². The highest BCUT2D eigenvalue weighted by Crippen LogP contribution is 2.25. The molecule has 0 atom stereocenters. The van der Waals surface area contributed by atoms with Crippen molar-refractivity contribution in [3.8, 4) is 17.2 Å². The second kappa shape index (κ2) is 18.4. The van der Waals surface area contributed by atoms with E-state index < -0.39 is 0 Å². The number of aliphatic imine (C=N–C) groups is 2. The molecular formula is C36H52N7O3+. The van der Waals surface area contributed by atoms with Crippen LogP contribution in [0.25, 0.3) is 0 Å². The van der Waals surface area contributed by atoms with Gasteiger partial charge in [0.1, 0.15) is 17.2 Å². The summed E-state index contributed by atoms with van der Waals surface area (Å²) in [5, 5.41) is 35.0. The van der Waals surface area contributed by atoms with Crippen molar-refractivity contribution in [2.24, 2.45) is 9.98 Å². The highest BCUT2D eigenvalue weighted by Gasteiger charge is 2.10. The minimum Gasteiger partial charge on any atom is -0.507 e. The molecule has 3 rings (SSSR count). The molecule has 0 radical (unpaired) electrons. The molecule has 4 N–H and O–H groups in total. The molecule has 0 aliphatic rings. The van der Waals surface area contributed by atoms with Gasteiger partial charge < -0.3 is 35.3 Å². The molecule has 0 heterocycles. The van der Waals surface area contributed by atoms with E-state index in [9.17, 15) is 15.3 Å². The van der Waals surface area contributed by atoms with Crippen molar-refractivity contribution in [1.29, 1.82) is 0 Å². The maximum atomic E-state index is 10.8. The van der Waals surface area contributed by atoms with Crippen LogP contribution in [0, 0.1) is 0 Å². The number of nitrogens with one attached hydrogen (secondary N) is 1. The predicted octanol–water partition coefficient (Wildman–Crippen LogP) is 4.43. The van der Waals surface area contributed by atoms with Crippen LogP contribution in [0.2, 0.25) is 0 Å². The Morgan fingerprint density at radius 3 is 1.48 bits per heavy atom. The van der Waals surface area contributed by atoms with E-state index in [-0.39, 0.29) is 17.2 Å². The fraction of sp³-hybridized carbons (Fsp3) is 0.417. The minimum absolute atomic E-state index is 0.204. The van der Waals surface area contributed by atoms with Crippen LogP contribution in [0.15, 0.2) is 64.6 Å². The summed E-state index contributed by atoms with van der Waals surface area (Å²) < 4.78 is 2.14. The van der Waals surface area contributed by atoms with Gasteiger partial charge in [0, 0.05) is 106 Å². The van der Waals surface area contributed by atoms with Gasteiger partial charge in [0.25, 0.3) is 0 Å². The Labute approximate surface area is 274 Å². The molecule has 0 aliphatic carbocycles. The second-order valence-corrected chi connectivity index (χ2v) is 11.3. The lowest BCUT2D eigenvalue weighted by Gasteiger charge is -2.17. The van der Waals surface area contributed by atoms with E-state index >= 15 is 0 Å². The Balaban J connectivity index is 1.60. The Kier molecular flexibility index (Phi) is 14.4. The van der Waals surface area contributed by atoms with Crippen molar-refractivity contribution >= 4 is 35.7 Å². The lowest BCUT2D eigenvalue weighted by Crippen LogP contribution is -2.29. The fourth-order valence-corrected chi connectivity index (χ4v) is 4.62. The van der Waals surface area contributed by atoms with Gasteiger partial charge in [-0.15, -0.1) is 0 Å². The van der Waals surface area contributed by atoms with Crippen molar-refractivity contribution in [2.75, 3.05) is 94.7 Å². The first-order valence-corrected chi connectivity index (χ1v) is 16.1. The normalized spacial score (nSPS) is 11.9. The number of phenols is 3. The fourth-order valence-electron chi connectivity index (χ4n) is 4.62. The van der Waals surface area contributed by atoms with Crippen LogP contribution in [0.4, 0.5) is 17.1 Å². The molecule has 3 aromatic carbocycles. The van der Waals surface area contributed by atoms with Crippen LogP contribution in [0.1, 0.15) is 37.5 Å². The smallest absolute Gasteiger partial charge is 0.174 e. The van der Waals surface area contributed by atoms with Gasteiger partial charge in [-0.3, -0.25) is 9.98 Å². The molecule has 0 aromatic heterocycles. The number of anilines is 3. The quantitative estimate of drug-likeness (QED) is 0.0936. The summed E-state index contributed by atoms with van der Waals surface area (Å²) in [6, 6.07) is 17.0. The molecule has 0 amide bonds. The molecule has 0 saturated heterocycles. The average molecular weight is 631 g/mol. The number of phenolic OH excluding ortho intramolecular Hbond substituents is 3. The van der Waals surface area contributed by atoms with Crippen molar-refractivity contribution in [3.05, 3.63) is 71.3 Å². The SMILES string of the molecule is CCN(C)c1ccc(C=NCCNCC[N+](=Cc2ccc(N(C)CC)cc2O)CCN=Cc2ccc(N(C)CC)cc2O)c(O)c1. The van der Waals surface area contributed by atoms with E-state index in [0.717, 1.165) is 42.3 Å². The zero-order chi connectivity index (χ0) is 33.5. The first-order valence-electron chi connectivity index (χ1n) is 16.1. The highest BCUT2D eigenvalue weighted by atomic mass is 16.3. The number of hydrogen-bond acceptors (Lipinski definition) is 9. The van der Waals surface area contributed by atoms with Gasteiger partial charge in [-0.2, -0.15) is 0 Å². The summed E-state index contributed by atoms with van der Waals surface area (Å²) in [5.74, 6) is 0.654. The molecular weight excluding hydrogens is 578 g/mol. The summed E-state index contributed by atoms with van der Waals surface area (Å²) in [5.41, 5.74) is 5.00. The molecule has 0 spiro atoms. The predicted molar refractivity (Wildman–Crippen MR) is 194 cm³/mol. The largest absolute Gasteiger partial charge is 0.507 e. The van der Waals surface area contributed by atoms with Gasteiger partial charge in [0.15, 0.2) is 19.3 Å². The van der Waals surface area contributed by atoms with Crippen molar-refractivity contribution in [2.45, 2.75) is 20.8 Å². The summed E-state index contributed by atoms with van der Waals surface area (Å²) in [4.78, 5) is 15.3. The van der Waals surface area contributed by atoms with Crippen LogP contribution < -0.4 is 20.0 Å². The van der Waals surface area contributed by atoms with Gasteiger partial charge in [-0.1, -0.05) is 0 Å². The monoisotopic (exact) mass is 630 g/mol. The Morgan fingerprint density at radius 1 is 0.609 bits per heavy atom. The van der Waals surface area contributed by atoms with Gasteiger partial charge in [0.05, 0.1) is 25.2 Å². The molecule has 3 aromatic rings.